The van der Waals surface area contributed by atoms with Crippen molar-refractivity contribution in [2.75, 3.05) is 18.4 Å². The summed E-state index contributed by atoms with van der Waals surface area (Å²) in [6.45, 7) is 3.09. The SMILES string of the molecule is CC(C)N(C)S(=O)(=O)Nc1ccc(OCC(=O)O)cc1. The Morgan fingerprint density at radius 1 is 1.35 bits per heavy atom. The van der Waals surface area contributed by atoms with Gasteiger partial charge in [0.15, 0.2) is 6.61 Å². The minimum absolute atomic E-state index is 0.161. The highest BCUT2D eigenvalue weighted by atomic mass is 32.2. The van der Waals surface area contributed by atoms with Crippen LogP contribution in [0.3, 0.4) is 0 Å². The van der Waals surface area contributed by atoms with Crippen molar-refractivity contribution in [1.29, 1.82) is 0 Å². The fraction of sp³-hybridized carbons (Fsp3) is 0.417. The van der Waals surface area contributed by atoms with Gasteiger partial charge in [0.05, 0.1) is 5.69 Å². The number of aliphatic carboxylic acids is 1. The number of anilines is 1. The molecule has 1 aromatic carbocycles. The number of nitrogens with one attached hydrogen (secondary N) is 1. The lowest BCUT2D eigenvalue weighted by atomic mass is 10.3. The molecule has 1 rings (SSSR count). The van der Waals surface area contributed by atoms with Crippen LogP contribution >= 0.6 is 0 Å². The third-order valence-electron chi connectivity index (χ3n) is 2.57. The molecule has 0 aliphatic carbocycles. The molecule has 20 heavy (non-hydrogen) atoms. The second-order valence-electron chi connectivity index (χ2n) is 4.42. The summed E-state index contributed by atoms with van der Waals surface area (Å²) in [6, 6.07) is 5.84. The van der Waals surface area contributed by atoms with Gasteiger partial charge in [-0.3, -0.25) is 4.72 Å². The topological polar surface area (TPSA) is 95.9 Å². The van der Waals surface area contributed by atoms with E-state index in [1.54, 1.807) is 13.8 Å². The van der Waals surface area contributed by atoms with Crippen molar-refractivity contribution >= 4 is 21.9 Å². The lowest BCUT2D eigenvalue weighted by molar-refractivity contribution is -0.139. The van der Waals surface area contributed by atoms with Gasteiger partial charge < -0.3 is 9.84 Å². The summed E-state index contributed by atoms with van der Waals surface area (Å²) in [5.41, 5.74) is 0.375. The monoisotopic (exact) mass is 302 g/mol. The number of carboxylic acid groups (broad SMARTS) is 1. The number of hydrogen-bond acceptors (Lipinski definition) is 4. The zero-order chi connectivity index (χ0) is 15.3. The van der Waals surface area contributed by atoms with E-state index in [-0.39, 0.29) is 6.04 Å². The maximum atomic E-state index is 11.9. The molecule has 0 atom stereocenters. The lowest BCUT2D eigenvalue weighted by Crippen LogP contribution is -2.37. The van der Waals surface area contributed by atoms with Gasteiger partial charge in [-0.15, -0.1) is 0 Å². The van der Waals surface area contributed by atoms with E-state index in [0.717, 1.165) is 0 Å². The van der Waals surface area contributed by atoms with Gasteiger partial charge in [-0.05, 0) is 38.1 Å². The summed E-state index contributed by atoms with van der Waals surface area (Å²) in [5.74, 6) is -0.721. The fourth-order valence-electron chi connectivity index (χ4n) is 1.26. The lowest BCUT2D eigenvalue weighted by Gasteiger charge is -2.21. The summed E-state index contributed by atoms with van der Waals surface area (Å²) in [7, 11) is -2.12. The minimum atomic E-state index is -3.60. The van der Waals surface area contributed by atoms with Crippen LogP contribution in [0.25, 0.3) is 0 Å². The van der Waals surface area contributed by atoms with Crippen LogP contribution < -0.4 is 9.46 Å². The van der Waals surface area contributed by atoms with E-state index in [9.17, 15) is 13.2 Å². The number of benzene rings is 1. The average Bonchev–Trinajstić information content (AvgIpc) is 2.36. The van der Waals surface area contributed by atoms with Crippen LogP contribution in [-0.4, -0.2) is 43.5 Å². The molecule has 0 aliphatic heterocycles. The highest BCUT2D eigenvalue weighted by Crippen LogP contribution is 2.17. The average molecular weight is 302 g/mol. The van der Waals surface area contributed by atoms with Crippen LogP contribution in [0, 0.1) is 0 Å². The van der Waals surface area contributed by atoms with E-state index < -0.39 is 22.8 Å². The van der Waals surface area contributed by atoms with Crippen LogP contribution in [0.5, 0.6) is 5.75 Å². The van der Waals surface area contributed by atoms with Crippen molar-refractivity contribution in [3.63, 3.8) is 0 Å². The number of carbonyl (C=O) groups is 1. The maximum Gasteiger partial charge on any atom is 0.341 e. The quantitative estimate of drug-likeness (QED) is 0.787. The van der Waals surface area contributed by atoms with Crippen LogP contribution in [0.15, 0.2) is 24.3 Å². The minimum Gasteiger partial charge on any atom is -0.482 e. The molecule has 0 saturated heterocycles. The summed E-state index contributed by atoms with van der Waals surface area (Å²) >= 11 is 0. The first kappa shape index (κ1) is 16.3. The summed E-state index contributed by atoms with van der Waals surface area (Å²) < 4.78 is 32.5. The molecule has 0 aliphatic rings. The smallest absolute Gasteiger partial charge is 0.341 e. The number of ether oxygens (including phenoxy) is 1. The number of hydrogen-bond donors (Lipinski definition) is 2. The Bertz CT molecular complexity index is 554. The van der Waals surface area contributed by atoms with Crippen molar-refractivity contribution in [2.45, 2.75) is 19.9 Å². The molecule has 0 radical (unpaired) electrons. The predicted octanol–water partition coefficient (Wildman–Crippen LogP) is 1.15. The molecule has 0 bridgehead atoms. The van der Waals surface area contributed by atoms with E-state index in [2.05, 4.69) is 4.72 Å². The van der Waals surface area contributed by atoms with Gasteiger partial charge in [-0.1, -0.05) is 0 Å². The molecule has 112 valence electrons. The van der Waals surface area contributed by atoms with Gasteiger partial charge in [0.1, 0.15) is 5.75 Å². The van der Waals surface area contributed by atoms with Gasteiger partial charge >= 0.3 is 16.2 Å². The van der Waals surface area contributed by atoms with E-state index in [4.69, 9.17) is 9.84 Å². The van der Waals surface area contributed by atoms with E-state index in [1.165, 1.54) is 35.6 Å². The second-order valence-corrected chi connectivity index (χ2v) is 6.15. The van der Waals surface area contributed by atoms with E-state index >= 15 is 0 Å². The largest absolute Gasteiger partial charge is 0.482 e. The zero-order valence-electron chi connectivity index (χ0n) is 11.5. The molecule has 8 heteroatoms. The maximum absolute atomic E-state index is 11.9. The Labute approximate surface area is 118 Å². The molecule has 2 N–H and O–H groups in total. The van der Waals surface area contributed by atoms with Crippen molar-refractivity contribution in [1.82, 2.24) is 4.31 Å². The molecule has 0 aromatic heterocycles. The Morgan fingerprint density at radius 3 is 2.35 bits per heavy atom. The van der Waals surface area contributed by atoms with E-state index in [0.29, 0.717) is 11.4 Å². The molecule has 0 unspecified atom stereocenters. The number of rotatable bonds is 7. The van der Waals surface area contributed by atoms with Gasteiger partial charge in [0, 0.05) is 13.1 Å². The van der Waals surface area contributed by atoms with Crippen molar-refractivity contribution in [2.24, 2.45) is 0 Å². The first-order valence-corrected chi connectivity index (χ1v) is 7.37. The second kappa shape index (κ2) is 6.58. The van der Waals surface area contributed by atoms with Crippen LogP contribution in [0.1, 0.15) is 13.8 Å². The van der Waals surface area contributed by atoms with Gasteiger partial charge in [0.25, 0.3) is 0 Å². The number of nitrogens with zero attached hydrogens (tertiary/aromatic N) is 1. The molecule has 1 aromatic rings. The highest BCUT2D eigenvalue weighted by Gasteiger charge is 2.20. The highest BCUT2D eigenvalue weighted by molar-refractivity contribution is 7.90. The standard InChI is InChI=1S/C12H18N2O5S/c1-9(2)14(3)20(17,18)13-10-4-6-11(7-5-10)19-8-12(15)16/h4-7,9,13H,8H2,1-3H3,(H,15,16). The Balaban J connectivity index is 2.72. The molecule has 0 spiro atoms. The molecule has 0 heterocycles. The first-order valence-electron chi connectivity index (χ1n) is 5.93. The predicted molar refractivity (Wildman–Crippen MR) is 75.0 cm³/mol. The van der Waals surface area contributed by atoms with Crippen LogP contribution in [0.2, 0.25) is 0 Å². The first-order chi connectivity index (χ1) is 9.22. The molecular weight excluding hydrogens is 284 g/mol. The third kappa shape index (κ3) is 4.71. The summed E-state index contributed by atoms with van der Waals surface area (Å²) in [4.78, 5) is 10.3. The van der Waals surface area contributed by atoms with Crippen molar-refractivity contribution in [3.8, 4) is 5.75 Å². The van der Waals surface area contributed by atoms with Gasteiger partial charge in [-0.25, -0.2) is 4.79 Å². The zero-order valence-corrected chi connectivity index (χ0v) is 12.3. The number of carboxylic acids is 1. The normalized spacial score (nSPS) is 11.7. The van der Waals surface area contributed by atoms with Crippen molar-refractivity contribution < 1.29 is 23.1 Å². The van der Waals surface area contributed by atoms with Crippen LogP contribution in [-0.2, 0) is 15.0 Å². The van der Waals surface area contributed by atoms with Crippen molar-refractivity contribution in [3.05, 3.63) is 24.3 Å². The molecule has 0 saturated carbocycles. The van der Waals surface area contributed by atoms with E-state index in [1.807, 2.05) is 0 Å². The fourth-order valence-corrected chi connectivity index (χ4v) is 2.40. The Hall–Kier alpha value is -1.80. The van der Waals surface area contributed by atoms with Gasteiger partial charge in [-0.2, -0.15) is 12.7 Å². The Kier molecular flexibility index (Phi) is 5.34. The molecular formula is C12H18N2O5S. The summed E-state index contributed by atoms with van der Waals surface area (Å²) in [6.07, 6.45) is 0. The molecule has 7 nitrogen and oxygen atoms in total. The van der Waals surface area contributed by atoms with Gasteiger partial charge in [0.2, 0.25) is 0 Å². The summed E-state index contributed by atoms with van der Waals surface area (Å²) in [5, 5.41) is 8.47. The molecule has 0 amide bonds. The Morgan fingerprint density at radius 2 is 1.90 bits per heavy atom. The molecule has 0 fully saturated rings. The third-order valence-corrected chi connectivity index (χ3v) is 4.24. The van der Waals surface area contributed by atoms with Crippen LogP contribution in [0.4, 0.5) is 5.69 Å².